The number of allylic oxidation sites excluding steroid dienone is 12. The van der Waals surface area contributed by atoms with Crippen molar-refractivity contribution in [2.45, 2.75) is 53.9 Å². The zero-order valence-electron chi connectivity index (χ0n) is 14.3. The third kappa shape index (κ3) is 5.38. The van der Waals surface area contributed by atoms with Gasteiger partial charge in [0, 0.05) is 0 Å². The first-order valence-electron chi connectivity index (χ1n) is 8.25. The van der Waals surface area contributed by atoms with E-state index in [2.05, 4.69) is 83.2 Å². The van der Waals surface area contributed by atoms with Gasteiger partial charge in [0.15, 0.2) is 0 Å². The second-order valence-corrected chi connectivity index (χ2v) is 5.55. The molecule has 0 heteroatoms. The Morgan fingerprint density at radius 2 is 2.00 bits per heavy atom. The van der Waals surface area contributed by atoms with Gasteiger partial charge in [0.2, 0.25) is 0 Å². The average molecular weight is 282 g/mol. The summed E-state index contributed by atoms with van der Waals surface area (Å²) in [7, 11) is 0. The van der Waals surface area contributed by atoms with E-state index in [0.717, 1.165) is 19.3 Å². The Bertz CT molecular complexity index is 504. The highest BCUT2D eigenvalue weighted by molar-refractivity contribution is 5.52. The summed E-state index contributed by atoms with van der Waals surface area (Å²) in [5.74, 6) is 0.667. The summed E-state index contributed by atoms with van der Waals surface area (Å²) in [5.41, 5.74) is 5.44. The van der Waals surface area contributed by atoms with E-state index in [4.69, 9.17) is 0 Å². The number of hydrogen-bond acceptors (Lipinski definition) is 0. The van der Waals surface area contributed by atoms with Crippen LogP contribution in [-0.2, 0) is 0 Å². The molecule has 1 unspecified atom stereocenters. The Morgan fingerprint density at radius 1 is 1.24 bits per heavy atom. The molecule has 0 fully saturated rings. The largest absolute Gasteiger partial charge is 0.0842 e. The molecular weight excluding hydrogens is 252 g/mol. The van der Waals surface area contributed by atoms with Crippen molar-refractivity contribution in [2.24, 2.45) is 5.92 Å². The summed E-state index contributed by atoms with van der Waals surface area (Å²) in [5, 5.41) is 0. The molecule has 0 bridgehead atoms. The van der Waals surface area contributed by atoms with Crippen molar-refractivity contribution in [3.63, 3.8) is 0 Å². The zero-order chi connectivity index (χ0) is 15.7. The SMILES string of the molecule is C\C=C(/C=C(CC)/C(/C=C\CC)=C/C)C1=CCC(C)C=C1. The second kappa shape index (κ2) is 9.39. The molecule has 1 aliphatic rings. The van der Waals surface area contributed by atoms with Gasteiger partial charge in [0.05, 0.1) is 0 Å². The van der Waals surface area contributed by atoms with E-state index < -0.39 is 0 Å². The van der Waals surface area contributed by atoms with Crippen LogP contribution >= 0.6 is 0 Å². The minimum Gasteiger partial charge on any atom is -0.0842 e. The maximum absolute atomic E-state index is 2.36. The van der Waals surface area contributed by atoms with Crippen molar-refractivity contribution in [1.82, 2.24) is 0 Å². The molecule has 0 spiro atoms. The molecule has 1 atom stereocenters. The van der Waals surface area contributed by atoms with Gasteiger partial charge in [-0.3, -0.25) is 0 Å². The highest BCUT2D eigenvalue weighted by Gasteiger charge is 2.07. The van der Waals surface area contributed by atoms with Crippen LogP contribution in [0, 0.1) is 5.92 Å². The first-order valence-corrected chi connectivity index (χ1v) is 8.25. The van der Waals surface area contributed by atoms with E-state index in [9.17, 15) is 0 Å². The van der Waals surface area contributed by atoms with Crippen molar-refractivity contribution in [2.75, 3.05) is 0 Å². The van der Waals surface area contributed by atoms with E-state index in [1.807, 2.05) is 0 Å². The summed E-state index contributed by atoms with van der Waals surface area (Å²) < 4.78 is 0. The maximum Gasteiger partial charge on any atom is -0.0224 e. The van der Waals surface area contributed by atoms with Crippen molar-refractivity contribution < 1.29 is 0 Å². The molecule has 1 rings (SSSR count). The predicted octanol–water partition coefficient (Wildman–Crippen LogP) is 6.70. The van der Waals surface area contributed by atoms with Gasteiger partial charge < -0.3 is 0 Å². The van der Waals surface area contributed by atoms with E-state index in [1.165, 1.54) is 22.3 Å². The van der Waals surface area contributed by atoms with Crippen molar-refractivity contribution in [3.8, 4) is 0 Å². The molecule has 21 heavy (non-hydrogen) atoms. The summed E-state index contributed by atoms with van der Waals surface area (Å²) >= 11 is 0. The van der Waals surface area contributed by atoms with Crippen molar-refractivity contribution in [1.29, 1.82) is 0 Å². The van der Waals surface area contributed by atoms with Crippen LogP contribution in [0.5, 0.6) is 0 Å². The van der Waals surface area contributed by atoms with Gasteiger partial charge in [-0.05, 0) is 61.3 Å². The van der Waals surface area contributed by atoms with Crippen LogP contribution in [0.3, 0.4) is 0 Å². The van der Waals surface area contributed by atoms with Crippen LogP contribution in [0.15, 0.2) is 70.9 Å². The first kappa shape index (κ1) is 17.5. The monoisotopic (exact) mass is 282 g/mol. The lowest BCUT2D eigenvalue weighted by Gasteiger charge is -2.14. The van der Waals surface area contributed by atoms with Crippen LogP contribution in [0.25, 0.3) is 0 Å². The van der Waals surface area contributed by atoms with Gasteiger partial charge in [-0.15, -0.1) is 0 Å². The number of rotatable bonds is 6. The van der Waals surface area contributed by atoms with E-state index in [1.54, 1.807) is 0 Å². The summed E-state index contributed by atoms with van der Waals surface area (Å²) in [4.78, 5) is 0. The Kier molecular flexibility index (Phi) is 7.82. The summed E-state index contributed by atoms with van der Waals surface area (Å²) in [6.45, 7) is 10.9. The molecule has 0 aromatic carbocycles. The minimum absolute atomic E-state index is 0.667. The van der Waals surface area contributed by atoms with Crippen LogP contribution < -0.4 is 0 Å². The smallest absolute Gasteiger partial charge is 0.0224 e. The summed E-state index contributed by atoms with van der Waals surface area (Å²) in [6.07, 6.45) is 21.5. The quantitative estimate of drug-likeness (QED) is 0.475. The van der Waals surface area contributed by atoms with Crippen molar-refractivity contribution >= 4 is 0 Å². The fraction of sp³-hybridized carbons (Fsp3) is 0.429. The molecule has 114 valence electrons. The van der Waals surface area contributed by atoms with Crippen LogP contribution in [0.2, 0.25) is 0 Å². The van der Waals surface area contributed by atoms with Crippen molar-refractivity contribution in [3.05, 3.63) is 70.9 Å². The Hall–Kier alpha value is -1.56. The number of hydrogen-bond donors (Lipinski definition) is 0. The van der Waals surface area contributed by atoms with Gasteiger partial charge in [-0.2, -0.15) is 0 Å². The third-order valence-corrected chi connectivity index (χ3v) is 3.88. The standard InChI is InChI=1S/C21H30/c1-6-10-11-18(7-2)19(8-3)16-20(9-4)21-14-12-17(5)13-15-21/h7,9-12,14-17H,6,8,13H2,1-5H3/b11-10-,18-7+,19-16+,20-9+. The molecule has 0 saturated heterocycles. The molecular formula is C21H30. The van der Waals surface area contributed by atoms with Gasteiger partial charge in [0.25, 0.3) is 0 Å². The fourth-order valence-electron chi connectivity index (χ4n) is 2.49. The normalized spacial score (nSPS) is 21.1. The molecule has 0 nitrogen and oxygen atoms in total. The Morgan fingerprint density at radius 3 is 2.48 bits per heavy atom. The molecule has 0 aromatic heterocycles. The highest BCUT2D eigenvalue weighted by atomic mass is 14.1. The molecule has 0 heterocycles. The highest BCUT2D eigenvalue weighted by Crippen LogP contribution is 2.26. The Labute approximate surface area is 131 Å². The van der Waals surface area contributed by atoms with E-state index in [-0.39, 0.29) is 0 Å². The average Bonchev–Trinajstić information content (AvgIpc) is 2.52. The van der Waals surface area contributed by atoms with E-state index in [0.29, 0.717) is 5.92 Å². The third-order valence-electron chi connectivity index (χ3n) is 3.88. The lowest BCUT2D eigenvalue weighted by atomic mass is 9.91. The molecule has 0 amide bonds. The van der Waals surface area contributed by atoms with Gasteiger partial charge >= 0.3 is 0 Å². The molecule has 0 N–H and O–H groups in total. The second-order valence-electron chi connectivity index (χ2n) is 5.55. The predicted molar refractivity (Wildman–Crippen MR) is 96.3 cm³/mol. The fourth-order valence-corrected chi connectivity index (χ4v) is 2.49. The molecule has 0 radical (unpaired) electrons. The lowest BCUT2D eigenvalue weighted by molar-refractivity contribution is 0.732. The van der Waals surface area contributed by atoms with Gasteiger partial charge in [-0.1, -0.05) is 69.4 Å². The maximum atomic E-state index is 2.36. The molecule has 1 aliphatic carbocycles. The molecule has 0 aliphatic heterocycles. The minimum atomic E-state index is 0.667. The van der Waals surface area contributed by atoms with Crippen LogP contribution in [0.1, 0.15) is 53.9 Å². The Balaban J connectivity index is 3.05. The van der Waals surface area contributed by atoms with Gasteiger partial charge in [-0.25, -0.2) is 0 Å². The zero-order valence-corrected chi connectivity index (χ0v) is 14.3. The van der Waals surface area contributed by atoms with Crippen LogP contribution in [0.4, 0.5) is 0 Å². The molecule has 0 aromatic rings. The summed E-state index contributed by atoms with van der Waals surface area (Å²) in [6, 6.07) is 0. The first-order chi connectivity index (χ1) is 10.2. The van der Waals surface area contributed by atoms with Crippen LogP contribution in [-0.4, -0.2) is 0 Å². The van der Waals surface area contributed by atoms with Gasteiger partial charge in [0.1, 0.15) is 0 Å². The topological polar surface area (TPSA) is 0 Å². The van der Waals surface area contributed by atoms with E-state index >= 15 is 0 Å². The molecule has 0 saturated carbocycles. The lowest BCUT2D eigenvalue weighted by Crippen LogP contribution is -1.97.